The van der Waals surface area contributed by atoms with Crippen molar-refractivity contribution in [3.63, 3.8) is 0 Å². The number of likely N-dealkylation sites (N-methyl/N-ethyl adjacent to an activating group) is 1. The number of carbonyl (C=O) groups excluding carboxylic acids is 1. The van der Waals surface area contributed by atoms with Crippen LogP contribution in [0.15, 0.2) is 61.1 Å². The van der Waals surface area contributed by atoms with E-state index in [9.17, 15) is 4.79 Å². The molecule has 0 saturated heterocycles. The summed E-state index contributed by atoms with van der Waals surface area (Å²) in [6.45, 7) is 6.83. The first kappa shape index (κ1) is 19.5. The van der Waals surface area contributed by atoms with Crippen molar-refractivity contribution in [2.75, 3.05) is 13.2 Å². The first-order valence-electron chi connectivity index (χ1n) is 9.33. The largest absolute Gasteiger partial charge is 0.475 e. The molecule has 1 aromatic carbocycles. The van der Waals surface area contributed by atoms with E-state index in [1.807, 2.05) is 57.2 Å². The molecule has 0 radical (unpaired) electrons. The first-order chi connectivity index (χ1) is 13.6. The Morgan fingerprint density at radius 3 is 2.50 bits per heavy atom. The molecule has 3 rings (SSSR count). The minimum absolute atomic E-state index is 0.0708. The van der Waals surface area contributed by atoms with Gasteiger partial charge >= 0.3 is 0 Å². The molecule has 0 aliphatic heterocycles. The Bertz CT molecular complexity index is 913. The van der Waals surface area contributed by atoms with Crippen molar-refractivity contribution in [2.45, 2.75) is 26.8 Å². The maximum Gasteiger partial charge on any atom is 0.254 e. The average molecular weight is 376 g/mol. The molecule has 0 spiro atoms. The highest BCUT2D eigenvalue weighted by atomic mass is 16.5. The van der Waals surface area contributed by atoms with Crippen molar-refractivity contribution >= 4 is 5.91 Å². The van der Waals surface area contributed by atoms with Crippen molar-refractivity contribution in [1.82, 2.24) is 19.9 Å². The second-order valence-corrected chi connectivity index (χ2v) is 6.54. The van der Waals surface area contributed by atoms with Gasteiger partial charge in [-0.05, 0) is 38.5 Å². The van der Waals surface area contributed by atoms with Crippen LogP contribution in [0.1, 0.15) is 29.8 Å². The molecule has 0 bridgehead atoms. The van der Waals surface area contributed by atoms with Gasteiger partial charge in [-0.25, -0.2) is 15.0 Å². The summed E-state index contributed by atoms with van der Waals surface area (Å²) in [6, 6.07) is 12.8. The summed E-state index contributed by atoms with van der Waals surface area (Å²) in [7, 11) is 0. The number of rotatable bonds is 7. The number of aryl methyl sites for hydroxylation is 1. The lowest BCUT2D eigenvalue weighted by atomic mass is 10.0. The van der Waals surface area contributed by atoms with Gasteiger partial charge < -0.3 is 9.64 Å². The Hall–Kier alpha value is -3.28. The second-order valence-electron chi connectivity index (χ2n) is 6.54. The van der Waals surface area contributed by atoms with E-state index < -0.39 is 0 Å². The Labute approximate surface area is 165 Å². The molecule has 0 saturated carbocycles. The fraction of sp³-hybridized carbons (Fsp3) is 0.273. The standard InChI is InChI=1S/C22H24N4O2/c1-4-26(17(3)15-28-20-11-10-16(2)14-25-20)22(27)19-9-6-5-8-18(19)21-23-12-7-13-24-21/h5-14,17H,4,15H2,1-3H3/t17-/m0/s1. The van der Waals surface area contributed by atoms with Crippen LogP contribution in [-0.4, -0.2) is 45.0 Å². The van der Waals surface area contributed by atoms with Gasteiger partial charge in [-0.15, -0.1) is 0 Å². The van der Waals surface area contributed by atoms with Crippen LogP contribution in [-0.2, 0) is 0 Å². The van der Waals surface area contributed by atoms with E-state index in [4.69, 9.17) is 4.74 Å². The van der Waals surface area contributed by atoms with Crippen LogP contribution in [0.5, 0.6) is 5.88 Å². The number of aromatic nitrogens is 3. The van der Waals surface area contributed by atoms with Crippen LogP contribution >= 0.6 is 0 Å². The Balaban J connectivity index is 1.77. The SMILES string of the molecule is CCN(C(=O)c1ccccc1-c1ncccn1)[C@@H](C)COc1ccc(C)cn1. The van der Waals surface area contributed by atoms with Gasteiger partial charge in [0.25, 0.3) is 5.91 Å². The van der Waals surface area contributed by atoms with Crippen LogP contribution in [0.3, 0.4) is 0 Å². The molecule has 2 heterocycles. The molecule has 144 valence electrons. The molecule has 2 aromatic heterocycles. The molecule has 6 heteroatoms. The van der Waals surface area contributed by atoms with Crippen molar-refractivity contribution in [1.29, 1.82) is 0 Å². The third kappa shape index (κ3) is 4.52. The summed E-state index contributed by atoms with van der Waals surface area (Å²) >= 11 is 0. The van der Waals surface area contributed by atoms with Gasteiger partial charge in [-0.1, -0.05) is 24.3 Å². The summed E-state index contributed by atoms with van der Waals surface area (Å²) in [5.41, 5.74) is 2.38. The van der Waals surface area contributed by atoms with Crippen molar-refractivity contribution in [3.05, 3.63) is 72.2 Å². The molecule has 1 amide bonds. The third-order valence-corrected chi connectivity index (χ3v) is 4.45. The van der Waals surface area contributed by atoms with E-state index in [2.05, 4.69) is 15.0 Å². The fourth-order valence-electron chi connectivity index (χ4n) is 2.95. The predicted octanol–water partition coefficient (Wildman–Crippen LogP) is 3.78. The molecule has 6 nitrogen and oxygen atoms in total. The molecule has 0 aliphatic carbocycles. The summed E-state index contributed by atoms with van der Waals surface area (Å²) in [5.74, 6) is 1.02. The van der Waals surface area contributed by atoms with Crippen LogP contribution in [0.4, 0.5) is 0 Å². The number of pyridine rings is 1. The molecule has 0 N–H and O–H groups in total. The number of hydrogen-bond donors (Lipinski definition) is 0. The van der Waals surface area contributed by atoms with Gasteiger partial charge in [0.05, 0.1) is 11.6 Å². The summed E-state index contributed by atoms with van der Waals surface area (Å²) in [4.78, 5) is 27.9. The van der Waals surface area contributed by atoms with Gasteiger partial charge in [-0.2, -0.15) is 0 Å². The van der Waals surface area contributed by atoms with Gasteiger partial charge in [0.15, 0.2) is 5.82 Å². The van der Waals surface area contributed by atoms with Gasteiger partial charge in [0.1, 0.15) is 6.61 Å². The molecular weight excluding hydrogens is 352 g/mol. The first-order valence-corrected chi connectivity index (χ1v) is 9.33. The van der Waals surface area contributed by atoms with Crippen LogP contribution in [0.2, 0.25) is 0 Å². The summed E-state index contributed by atoms with van der Waals surface area (Å²) in [6.07, 6.45) is 5.11. The Kier molecular flexibility index (Phi) is 6.32. The monoisotopic (exact) mass is 376 g/mol. The molecule has 3 aromatic rings. The van der Waals surface area contributed by atoms with E-state index in [1.165, 1.54) is 0 Å². The van der Waals surface area contributed by atoms with Crippen molar-refractivity contribution < 1.29 is 9.53 Å². The van der Waals surface area contributed by atoms with Gasteiger partial charge in [-0.3, -0.25) is 4.79 Å². The normalized spacial score (nSPS) is 11.7. The minimum atomic E-state index is -0.120. The number of hydrogen-bond acceptors (Lipinski definition) is 5. The lowest BCUT2D eigenvalue weighted by Crippen LogP contribution is -2.42. The quantitative estimate of drug-likeness (QED) is 0.628. The zero-order valence-corrected chi connectivity index (χ0v) is 16.4. The fourth-order valence-corrected chi connectivity index (χ4v) is 2.95. The summed E-state index contributed by atoms with van der Waals surface area (Å²) < 4.78 is 5.78. The van der Waals surface area contributed by atoms with Gasteiger partial charge in [0, 0.05) is 36.8 Å². The molecule has 1 atom stereocenters. The van der Waals surface area contributed by atoms with Crippen molar-refractivity contribution in [2.24, 2.45) is 0 Å². The van der Waals surface area contributed by atoms with E-state index in [0.717, 1.165) is 11.1 Å². The highest BCUT2D eigenvalue weighted by Gasteiger charge is 2.23. The lowest BCUT2D eigenvalue weighted by molar-refractivity contribution is 0.0647. The molecule has 0 aliphatic rings. The van der Waals surface area contributed by atoms with Gasteiger partial charge in [0.2, 0.25) is 5.88 Å². The van der Waals surface area contributed by atoms with Crippen molar-refractivity contribution in [3.8, 4) is 17.3 Å². The third-order valence-electron chi connectivity index (χ3n) is 4.45. The zero-order valence-electron chi connectivity index (χ0n) is 16.4. The van der Waals surface area contributed by atoms with Crippen LogP contribution < -0.4 is 4.74 Å². The lowest BCUT2D eigenvalue weighted by Gasteiger charge is -2.28. The molecule has 28 heavy (non-hydrogen) atoms. The number of amides is 1. The topological polar surface area (TPSA) is 68.2 Å². The Morgan fingerprint density at radius 1 is 1.07 bits per heavy atom. The number of ether oxygens (including phenoxy) is 1. The maximum absolute atomic E-state index is 13.3. The number of benzene rings is 1. The number of carbonyl (C=O) groups is 1. The second kappa shape index (κ2) is 9.08. The molecule has 0 unspecified atom stereocenters. The van der Waals surface area contributed by atoms with E-state index in [0.29, 0.717) is 30.4 Å². The van der Waals surface area contributed by atoms with E-state index in [-0.39, 0.29) is 11.9 Å². The van der Waals surface area contributed by atoms with E-state index >= 15 is 0 Å². The van der Waals surface area contributed by atoms with E-state index in [1.54, 1.807) is 29.6 Å². The highest BCUT2D eigenvalue weighted by Crippen LogP contribution is 2.22. The minimum Gasteiger partial charge on any atom is -0.475 e. The Morgan fingerprint density at radius 2 is 1.82 bits per heavy atom. The zero-order chi connectivity index (χ0) is 19.9. The average Bonchev–Trinajstić information content (AvgIpc) is 2.74. The predicted molar refractivity (Wildman–Crippen MR) is 108 cm³/mol. The molecular formula is C22H24N4O2. The van der Waals surface area contributed by atoms with Crippen LogP contribution in [0.25, 0.3) is 11.4 Å². The highest BCUT2D eigenvalue weighted by molar-refractivity contribution is 6.00. The smallest absolute Gasteiger partial charge is 0.254 e. The van der Waals surface area contributed by atoms with Crippen LogP contribution in [0, 0.1) is 6.92 Å². The number of nitrogens with zero attached hydrogens (tertiary/aromatic N) is 4. The molecule has 0 fully saturated rings. The summed E-state index contributed by atoms with van der Waals surface area (Å²) in [5, 5.41) is 0. The maximum atomic E-state index is 13.3.